The van der Waals surface area contributed by atoms with Crippen LogP contribution in [0, 0.1) is 6.07 Å². The Labute approximate surface area is 211 Å². The summed E-state index contributed by atoms with van der Waals surface area (Å²) >= 11 is 0. The lowest BCUT2D eigenvalue weighted by Crippen LogP contribution is -2.21. The van der Waals surface area contributed by atoms with Gasteiger partial charge in [-0.3, -0.25) is 0 Å². The normalized spacial score (nSPS) is 14.5. The van der Waals surface area contributed by atoms with E-state index in [1.807, 2.05) is 71.0 Å². The van der Waals surface area contributed by atoms with Gasteiger partial charge in [-0.15, -0.1) is 0 Å². The molecule has 188 valence electrons. The number of hydrogen-bond acceptors (Lipinski definition) is 7. The monoisotopic (exact) mass is 490 g/mol. The summed E-state index contributed by atoms with van der Waals surface area (Å²) in [5, 5.41) is 4.25. The third-order valence-corrected chi connectivity index (χ3v) is 5.65. The molecule has 36 heavy (non-hydrogen) atoms. The van der Waals surface area contributed by atoms with Crippen molar-refractivity contribution < 1.29 is 23.5 Å². The van der Waals surface area contributed by atoms with Gasteiger partial charge in [0.1, 0.15) is 11.5 Å². The van der Waals surface area contributed by atoms with Crippen LogP contribution in [0.4, 0.5) is 4.79 Å². The van der Waals surface area contributed by atoms with Crippen molar-refractivity contribution in [1.29, 1.82) is 0 Å². The van der Waals surface area contributed by atoms with Crippen molar-refractivity contribution in [3.63, 3.8) is 0 Å². The Morgan fingerprint density at radius 3 is 2.67 bits per heavy atom. The summed E-state index contributed by atoms with van der Waals surface area (Å²) in [6.45, 7) is 10.4. The number of carbonyl (C=O) groups excluding carboxylic acids is 1. The summed E-state index contributed by atoms with van der Waals surface area (Å²) in [6, 6.07) is 14.8. The topological polar surface area (TPSA) is 88.0 Å². The SMILES string of the molecule is CCOc1ccc(Cc2nc(-c3cccc4c3CCC4C#[N+]C(=O)OC(C)(C)C)no2)cc1OCC. The fourth-order valence-electron chi connectivity index (χ4n) is 4.23. The first-order valence-electron chi connectivity index (χ1n) is 12.3. The van der Waals surface area contributed by atoms with Gasteiger partial charge in [0.2, 0.25) is 11.7 Å². The molecule has 8 nitrogen and oxygen atoms in total. The van der Waals surface area contributed by atoms with Crippen LogP contribution in [-0.4, -0.2) is 35.0 Å². The molecule has 0 saturated carbocycles. The van der Waals surface area contributed by atoms with Crippen LogP contribution in [0.25, 0.3) is 16.2 Å². The standard InChI is InChI=1S/C28H32N3O5/c1-6-33-23-14-11-18(15-24(23)34-7-2)16-25-30-26(31-36-25)22-10-8-9-20-19(12-13-21(20)22)17-29-27(32)35-28(3,4)5/h8-11,14-15,19H,6-7,12-13,16H2,1-5H3/q+1. The third-order valence-electron chi connectivity index (χ3n) is 5.65. The number of aromatic nitrogens is 2. The Kier molecular flexibility index (Phi) is 7.58. The summed E-state index contributed by atoms with van der Waals surface area (Å²) in [5.41, 5.74) is 3.52. The highest BCUT2D eigenvalue weighted by Crippen LogP contribution is 2.38. The molecular formula is C28H32N3O5+. The zero-order valence-corrected chi connectivity index (χ0v) is 21.5. The molecule has 0 bridgehead atoms. The van der Waals surface area contributed by atoms with E-state index in [1.54, 1.807) is 0 Å². The Balaban J connectivity index is 1.52. The second kappa shape index (κ2) is 10.8. The van der Waals surface area contributed by atoms with Crippen LogP contribution in [0.2, 0.25) is 0 Å². The molecule has 0 N–H and O–H groups in total. The second-order valence-electron chi connectivity index (χ2n) is 9.52. The number of nitrogens with zero attached hydrogens (tertiary/aromatic N) is 3. The van der Waals surface area contributed by atoms with Gasteiger partial charge in [-0.2, -0.15) is 9.78 Å². The summed E-state index contributed by atoms with van der Waals surface area (Å²) in [7, 11) is 0. The Hall–Kier alpha value is -3.86. The van der Waals surface area contributed by atoms with Crippen molar-refractivity contribution in [3.8, 4) is 29.0 Å². The lowest BCUT2D eigenvalue weighted by molar-refractivity contribution is 0.0664. The third kappa shape index (κ3) is 6.03. The molecule has 1 unspecified atom stereocenters. The number of carbonyl (C=O) groups is 1. The van der Waals surface area contributed by atoms with E-state index < -0.39 is 11.7 Å². The quantitative estimate of drug-likeness (QED) is 0.377. The van der Waals surface area contributed by atoms with Crippen LogP contribution in [0.3, 0.4) is 0 Å². The maximum absolute atomic E-state index is 12.0. The fourth-order valence-corrected chi connectivity index (χ4v) is 4.23. The lowest BCUT2D eigenvalue weighted by atomic mass is 9.99. The predicted octanol–water partition coefficient (Wildman–Crippen LogP) is 6.42. The van der Waals surface area contributed by atoms with E-state index in [9.17, 15) is 4.79 Å². The molecule has 0 spiro atoms. The van der Waals surface area contributed by atoms with Crippen LogP contribution < -0.4 is 9.47 Å². The summed E-state index contributed by atoms with van der Waals surface area (Å²) in [6.07, 6.45) is 1.47. The van der Waals surface area contributed by atoms with Crippen molar-refractivity contribution in [2.75, 3.05) is 13.2 Å². The number of benzene rings is 2. The summed E-state index contributed by atoms with van der Waals surface area (Å²) < 4.78 is 22.2. The average molecular weight is 491 g/mol. The number of amides is 1. The van der Waals surface area contributed by atoms with Gasteiger partial charge in [0.05, 0.1) is 24.5 Å². The van der Waals surface area contributed by atoms with Crippen molar-refractivity contribution in [3.05, 3.63) is 63.8 Å². The first-order valence-corrected chi connectivity index (χ1v) is 12.3. The Morgan fingerprint density at radius 2 is 1.92 bits per heavy atom. The molecule has 0 aliphatic heterocycles. The van der Waals surface area contributed by atoms with Crippen LogP contribution in [0.15, 0.2) is 40.9 Å². The molecule has 8 heteroatoms. The fraction of sp³-hybridized carbons (Fsp3) is 0.429. The van der Waals surface area contributed by atoms with Crippen LogP contribution in [0.5, 0.6) is 11.5 Å². The van der Waals surface area contributed by atoms with Crippen molar-refractivity contribution in [1.82, 2.24) is 10.1 Å². The molecule has 2 aromatic carbocycles. The first kappa shape index (κ1) is 25.2. The molecule has 1 amide bonds. The zero-order valence-electron chi connectivity index (χ0n) is 21.5. The first-order chi connectivity index (χ1) is 17.3. The van der Waals surface area contributed by atoms with Crippen molar-refractivity contribution in [2.24, 2.45) is 0 Å². The highest BCUT2D eigenvalue weighted by molar-refractivity contribution is 5.79. The molecule has 4 rings (SSSR count). The number of hydrogen-bond donors (Lipinski definition) is 0. The maximum Gasteiger partial charge on any atom is 0.728 e. The van der Waals surface area contributed by atoms with Crippen LogP contribution in [-0.2, 0) is 17.6 Å². The van der Waals surface area contributed by atoms with E-state index in [4.69, 9.17) is 18.7 Å². The minimum absolute atomic E-state index is 0.0836. The average Bonchev–Trinajstić information content (AvgIpc) is 3.45. The molecule has 1 atom stereocenters. The molecule has 1 aliphatic carbocycles. The Bertz CT molecular complexity index is 1300. The van der Waals surface area contributed by atoms with Crippen LogP contribution in [0.1, 0.15) is 69.5 Å². The largest absolute Gasteiger partial charge is 0.728 e. The predicted molar refractivity (Wildman–Crippen MR) is 136 cm³/mol. The van der Waals surface area contributed by atoms with Crippen molar-refractivity contribution >= 4 is 6.09 Å². The molecule has 1 aliphatic rings. The molecule has 0 radical (unpaired) electrons. The zero-order chi connectivity index (χ0) is 25.7. The van der Waals surface area contributed by atoms with Gasteiger partial charge in [0, 0.05) is 5.56 Å². The van der Waals surface area contributed by atoms with E-state index in [0.29, 0.717) is 37.1 Å². The van der Waals surface area contributed by atoms with Gasteiger partial charge >= 0.3 is 6.09 Å². The highest BCUT2D eigenvalue weighted by atomic mass is 16.6. The van der Waals surface area contributed by atoms with E-state index >= 15 is 0 Å². The second-order valence-corrected chi connectivity index (χ2v) is 9.52. The number of ether oxygens (including phenoxy) is 3. The number of rotatable bonds is 7. The van der Waals surface area contributed by atoms with Gasteiger partial charge in [0.25, 0.3) is 6.07 Å². The lowest BCUT2D eigenvalue weighted by Gasteiger charge is -2.12. The molecule has 0 saturated heterocycles. The van der Waals surface area contributed by atoms with Gasteiger partial charge in [-0.25, -0.2) is 0 Å². The number of fused-ring (bicyclic) bond motifs is 1. The molecular weight excluding hydrogens is 458 g/mol. The summed E-state index contributed by atoms with van der Waals surface area (Å²) in [5.74, 6) is 2.40. The van der Waals surface area contributed by atoms with E-state index in [1.165, 1.54) is 0 Å². The molecule has 0 fully saturated rings. The van der Waals surface area contributed by atoms with Crippen LogP contribution >= 0.6 is 0 Å². The molecule has 3 aromatic rings. The minimum atomic E-state index is -0.628. The Morgan fingerprint density at radius 1 is 1.14 bits per heavy atom. The van der Waals surface area contributed by atoms with Gasteiger partial charge < -0.3 is 18.7 Å². The van der Waals surface area contributed by atoms with Gasteiger partial charge in [-0.1, -0.05) is 29.4 Å². The maximum atomic E-state index is 12.0. The van der Waals surface area contributed by atoms with E-state index in [2.05, 4.69) is 21.1 Å². The molecule has 1 aromatic heterocycles. The van der Waals surface area contributed by atoms with Gasteiger partial charge in [0.15, 0.2) is 11.5 Å². The molecule has 1 heterocycles. The highest BCUT2D eigenvalue weighted by Gasteiger charge is 2.30. The van der Waals surface area contributed by atoms with E-state index in [0.717, 1.165) is 40.8 Å². The summed E-state index contributed by atoms with van der Waals surface area (Å²) in [4.78, 5) is 20.5. The van der Waals surface area contributed by atoms with E-state index in [-0.39, 0.29) is 5.92 Å². The van der Waals surface area contributed by atoms with Gasteiger partial charge in [-0.05, 0) is 76.3 Å². The minimum Gasteiger partial charge on any atom is -0.490 e. The van der Waals surface area contributed by atoms with Crippen molar-refractivity contribution in [2.45, 2.75) is 65.4 Å². The smallest absolute Gasteiger partial charge is 0.490 e.